The van der Waals surface area contributed by atoms with E-state index in [2.05, 4.69) is 30.4 Å². The lowest BCUT2D eigenvalue weighted by Gasteiger charge is -2.29. The minimum Gasteiger partial charge on any atom is -0.381 e. The van der Waals surface area contributed by atoms with Gasteiger partial charge in [-0.15, -0.1) is 0 Å². The van der Waals surface area contributed by atoms with E-state index in [0.29, 0.717) is 12.0 Å². The maximum atomic E-state index is 5.82. The second kappa shape index (κ2) is 7.54. The fourth-order valence-electron chi connectivity index (χ4n) is 2.92. The zero-order valence-electron chi connectivity index (χ0n) is 14.9. The highest BCUT2D eigenvalue weighted by molar-refractivity contribution is 5.56. The van der Waals surface area contributed by atoms with Crippen LogP contribution in [0.2, 0.25) is 0 Å². The monoisotopic (exact) mass is 368 g/mol. The normalized spacial score (nSPS) is 15.1. The molecule has 1 fully saturated rings. The Bertz CT molecular complexity index is 893. The number of methoxy groups -OCH3 is 1. The first kappa shape index (κ1) is 17.2. The number of rotatable bonds is 5. The van der Waals surface area contributed by atoms with Crippen LogP contribution in [0.4, 0.5) is 23.6 Å². The van der Waals surface area contributed by atoms with E-state index in [-0.39, 0.29) is 23.7 Å². The number of piperidine rings is 1. The van der Waals surface area contributed by atoms with Gasteiger partial charge < -0.3 is 25.2 Å². The molecule has 3 aromatic rings. The molecule has 0 atom stereocenters. The van der Waals surface area contributed by atoms with Crippen LogP contribution in [0, 0.1) is 0 Å². The lowest BCUT2D eigenvalue weighted by atomic mass is 10.1. The SMILES string of the molecule is COC1CCN(c2nc(-c3nc(N)nc(Nc4ccccc4)n3)no2)CC1. The molecule has 3 heterocycles. The van der Waals surface area contributed by atoms with Crippen molar-refractivity contribution in [3.05, 3.63) is 30.3 Å². The molecule has 140 valence electrons. The summed E-state index contributed by atoms with van der Waals surface area (Å²) in [7, 11) is 1.73. The number of ether oxygens (including phenoxy) is 1. The second-order valence-electron chi connectivity index (χ2n) is 6.15. The van der Waals surface area contributed by atoms with Gasteiger partial charge in [-0.05, 0) is 25.0 Å². The molecule has 1 saturated heterocycles. The summed E-state index contributed by atoms with van der Waals surface area (Å²) < 4.78 is 10.8. The molecule has 3 N–H and O–H groups in total. The molecule has 0 unspecified atom stereocenters. The average Bonchev–Trinajstić information content (AvgIpc) is 3.19. The molecule has 0 radical (unpaired) electrons. The largest absolute Gasteiger partial charge is 0.381 e. The van der Waals surface area contributed by atoms with Crippen molar-refractivity contribution < 1.29 is 9.26 Å². The second-order valence-corrected chi connectivity index (χ2v) is 6.15. The number of hydrogen-bond donors (Lipinski definition) is 2. The molecule has 0 amide bonds. The van der Waals surface area contributed by atoms with Crippen molar-refractivity contribution in [1.82, 2.24) is 25.1 Å². The van der Waals surface area contributed by atoms with E-state index in [4.69, 9.17) is 15.0 Å². The highest BCUT2D eigenvalue weighted by Crippen LogP contribution is 2.23. The van der Waals surface area contributed by atoms with Crippen molar-refractivity contribution in [3.8, 4) is 11.6 Å². The molecule has 1 aliphatic rings. The Morgan fingerprint density at radius 3 is 2.59 bits per heavy atom. The summed E-state index contributed by atoms with van der Waals surface area (Å²) in [4.78, 5) is 19.0. The number of para-hydroxylation sites is 1. The first-order chi connectivity index (χ1) is 13.2. The van der Waals surface area contributed by atoms with E-state index in [0.717, 1.165) is 31.6 Å². The van der Waals surface area contributed by atoms with Gasteiger partial charge in [0.05, 0.1) is 6.10 Å². The van der Waals surface area contributed by atoms with Crippen LogP contribution in [0.15, 0.2) is 34.9 Å². The number of anilines is 4. The maximum Gasteiger partial charge on any atom is 0.324 e. The van der Waals surface area contributed by atoms with E-state index in [1.807, 2.05) is 35.2 Å². The molecule has 0 saturated carbocycles. The first-order valence-corrected chi connectivity index (χ1v) is 8.67. The van der Waals surface area contributed by atoms with Gasteiger partial charge in [0.1, 0.15) is 0 Å². The number of hydrogen-bond acceptors (Lipinski definition) is 10. The Morgan fingerprint density at radius 2 is 1.85 bits per heavy atom. The predicted molar refractivity (Wildman–Crippen MR) is 99.5 cm³/mol. The number of nitrogens with one attached hydrogen (secondary N) is 1. The molecule has 10 heteroatoms. The van der Waals surface area contributed by atoms with Crippen molar-refractivity contribution in [2.24, 2.45) is 0 Å². The molecule has 1 aliphatic heterocycles. The molecule has 2 aromatic heterocycles. The maximum absolute atomic E-state index is 5.82. The molecule has 27 heavy (non-hydrogen) atoms. The van der Waals surface area contributed by atoms with Gasteiger partial charge in [0.25, 0.3) is 0 Å². The Balaban J connectivity index is 1.53. The smallest absolute Gasteiger partial charge is 0.324 e. The van der Waals surface area contributed by atoms with Crippen LogP contribution in [-0.4, -0.2) is 51.4 Å². The standard InChI is InChI=1S/C17H20N8O2/c1-26-12-7-9-25(10-8-12)17-22-14(24-27-17)13-20-15(18)23-16(21-13)19-11-5-3-2-4-6-11/h2-6,12H,7-10H2,1H3,(H3,18,19,20,21,23). The highest BCUT2D eigenvalue weighted by atomic mass is 16.5. The van der Waals surface area contributed by atoms with Gasteiger partial charge in [0.2, 0.25) is 23.5 Å². The minimum atomic E-state index is 0.0747. The summed E-state index contributed by atoms with van der Waals surface area (Å²) in [5.41, 5.74) is 6.65. The lowest BCUT2D eigenvalue weighted by Crippen LogP contribution is -2.36. The fourth-order valence-corrected chi connectivity index (χ4v) is 2.92. The summed E-state index contributed by atoms with van der Waals surface area (Å²) in [6, 6.07) is 9.98. The average molecular weight is 368 g/mol. The summed E-state index contributed by atoms with van der Waals surface area (Å²) in [6.45, 7) is 1.58. The van der Waals surface area contributed by atoms with Gasteiger partial charge in [-0.1, -0.05) is 23.4 Å². The summed E-state index contributed by atoms with van der Waals surface area (Å²) in [6.07, 6.45) is 2.11. The van der Waals surface area contributed by atoms with Crippen molar-refractivity contribution in [3.63, 3.8) is 0 Å². The number of nitrogen functional groups attached to an aromatic ring is 1. The lowest BCUT2D eigenvalue weighted by molar-refractivity contribution is 0.0808. The Morgan fingerprint density at radius 1 is 1.07 bits per heavy atom. The van der Waals surface area contributed by atoms with Gasteiger partial charge in [-0.25, -0.2) is 0 Å². The molecule has 0 spiro atoms. The molecule has 1 aromatic carbocycles. The van der Waals surface area contributed by atoms with Gasteiger partial charge in [0.15, 0.2) is 0 Å². The van der Waals surface area contributed by atoms with Crippen LogP contribution in [0.25, 0.3) is 11.6 Å². The van der Waals surface area contributed by atoms with Crippen molar-refractivity contribution in [2.75, 3.05) is 36.1 Å². The van der Waals surface area contributed by atoms with Crippen LogP contribution in [0.3, 0.4) is 0 Å². The minimum absolute atomic E-state index is 0.0747. The molecular weight excluding hydrogens is 348 g/mol. The van der Waals surface area contributed by atoms with Gasteiger partial charge in [-0.3, -0.25) is 0 Å². The van der Waals surface area contributed by atoms with Crippen LogP contribution in [0.5, 0.6) is 0 Å². The molecule has 4 rings (SSSR count). The van der Waals surface area contributed by atoms with Crippen LogP contribution in [0.1, 0.15) is 12.8 Å². The van der Waals surface area contributed by atoms with Crippen molar-refractivity contribution in [1.29, 1.82) is 0 Å². The highest BCUT2D eigenvalue weighted by Gasteiger charge is 2.24. The van der Waals surface area contributed by atoms with E-state index in [1.54, 1.807) is 7.11 Å². The predicted octanol–water partition coefficient (Wildman–Crippen LogP) is 1.86. The fraction of sp³-hybridized carbons (Fsp3) is 0.353. The summed E-state index contributed by atoms with van der Waals surface area (Å²) in [5.74, 6) is 0.911. The van der Waals surface area contributed by atoms with E-state index in [9.17, 15) is 0 Å². The zero-order chi connectivity index (χ0) is 18.6. The van der Waals surface area contributed by atoms with Crippen LogP contribution in [-0.2, 0) is 4.74 Å². The van der Waals surface area contributed by atoms with Crippen LogP contribution < -0.4 is 16.0 Å². The third-order valence-electron chi connectivity index (χ3n) is 4.34. The first-order valence-electron chi connectivity index (χ1n) is 8.67. The third kappa shape index (κ3) is 3.95. The zero-order valence-corrected chi connectivity index (χ0v) is 14.9. The summed E-state index contributed by atoms with van der Waals surface area (Å²) >= 11 is 0. The topological polar surface area (TPSA) is 128 Å². The van der Waals surface area contributed by atoms with Gasteiger partial charge >= 0.3 is 6.01 Å². The van der Waals surface area contributed by atoms with Crippen LogP contribution >= 0.6 is 0 Å². The Labute approximate surface area is 155 Å². The van der Waals surface area contributed by atoms with Gasteiger partial charge in [-0.2, -0.15) is 19.9 Å². The molecule has 0 aliphatic carbocycles. The van der Waals surface area contributed by atoms with Crippen molar-refractivity contribution >= 4 is 23.6 Å². The van der Waals surface area contributed by atoms with Crippen molar-refractivity contribution in [2.45, 2.75) is 18.9 Å². The molecular formula is C17H20N8O2. The molecule has 10 nitrogen and oxygen atoms in total. The number of nitrogens with two attached hydrogens (primary N) is 1. The van der Waals surface area contributed by atoms with Gasteiger partial charge in [0, 0.05) is 25.9 Å². The third-order valence-corrected chi connectivity index (χ3v) is 4.34. The number of nitrogens with zero attached hydrogens (tertiary/aromatic N) is 6. The Kier molecular flexibility index (Phi) is 4.79. The van der Waals surface area contributed by atoms with E-state index >= 15 is 0 Å². The van der Waals surface area contributed by atoms with E-state index in [1.165, 1.54) is 0 Å². The number of aromatic nitrogens is 5. The van der Waals surface area contributed by atoms with E-state index < -0.39 is 0 Å². The summed E-state index contributed by atoms with van der Waals surface area (Å²) in [5, 5.41) is 7.08. The Hall–Kier alpha value is -3.27. The molecule has 0 bridgehead atoms. The quantitative estimate of drug-likeness (QED) is 0.688. The number of benzene rings is 1.